The number of rotatable bonds is 3. The Morgan fingerprint density at radius 3 is 2.32 bits per heavy atom. The molecule has 116 valence electrons. The Bertz CT molecular complexity index is 733. The Balaban J connectivity index is 2.32. The number of aliphatic hydroxyl groups is 1. The van der Waals surface area contributed by atoms with Crippen LogP contribution in [-0.2, 0) is 11.8 Å². The first kappa shape index (κ1) is 14.8. The Morgan fingerprint density at radius 2 is 1.73 bits per heavy atom. The van der Waals surface area contributed by atoms with Gasteiger partial charge in [-0.1, -0.05) is 6.92 Å². The van der Waals surface area contributed by atoms with Crippen LogP contribution in [0.1, 0.15) is 30.9 Å². The van der Waals surface area contributed by atoms with Crippen molar-refractivity contribution >= 4 is 10.8 Å². The van der Waals surface area contributed by atoms with E-state index in [1.807, 2.05) is 18.2 Å². The molecule has 0 saturated heterocycles. The molecule has 1 aliphatic carbocycles. The molecule has 3 heteroatoms. The minimum Gasteiger partial charge on any atom is -0.516 e. The van der Waals surface area contributed by atoms with Gasteiger partial charge in [0.2, 0.25) is 0 Å². The third-order valence-electron chi connectivity index (χ3n) is 4.80. The zero-order valence-electron chi connectivity index (χ0n) is 13.3. The van der Waals surface area contributed by atoms with Crippen LogP contribution in [0, 0.1) is 0 Å². The van der Waals surface area contributed by atoms with Gasteiger partial charge in [-0.3, -0.25) is 0 Å². The first-order valence-electron chi connectivity index (χ1n) is 7.63. The molecule has 0 fully saturated rings. The lowest BCUT2D eigenvalue weighted by atomic mass is 9.70. The van der Waals surface area contributed by atoms with E-state index >= 15 is 0 Å². The summed E-state index contributed by atoms with van der Waals surface area (Å²) in [5.41, 5.74) is 2.46. The molecular formula is C19H22O3. The lowest BCUT2D eigenvalue weighted by Crippen LogP contribution is -2.25. The highest BCUT2D eigenvalue weighted by Gasteiger charge is 2.30. The van der Waals surface area contributed by atoms with Crippen molar-refractivity contribution in [2.75, 3.05) is 14.2 Å². The second-order valence-corrected chi connectivity index (χ2v) is 6.11. The number of ether oxygens (including phenoxy) is 2. The average molecular weight is 298 g/mol. The molecule has 0 saturated carbocycles. The number of hydrogen-bond acceptors (Lipinski definition) is 3. The molecule has 3 nitrogen and oxygen atoms in total. The van der Waals surface area contributed by atoms with E-state index in [0.29, 0.717) is 0 Å². The summed E-state index contributed by atoms with van der Waals surface area (Å²) in [5, 5.41) is 11.4. The maximum Gasteiger partial charge on any atom is 0.126 e. The standard InChI is InChI=1S/C19H22O3/c1-19(9-10-20)8-4-5-13-11-14-15(12-16(13)19)18(22-3)7-6-17(14)21-2/h6-7,9-12,20H,4-5,8H2,1-3H3/b10-9+/t19-/m0/s1. The van der Waals surface area contributed by atoms with E-state index in [-0.39, 0.29) is 5.41 Å². The minimum absolute atomic E-state index is 0.134. The number of fused-ring (bicyclic) bond motifs is 2. The first-order valence-corrected chi connectivity index (χ1v) is 7.63. The van der Waals surface area contributed by atoms with Crippen LogP contribution in [0.4, 0.5) is 0 Å². The van der Waals surface area contributed by atoms with Crippen molar-refractivity contribution in [2.24, 2.45) is 0 Å². The second-order valence-electron chi connectivity index (χ2n) is 6.11. The molecule has 0 aliphatic heterocycles. The van der Waals surface area contributed by atoms with Crippen molar-refractivity contribution in [2.45, 2.75) is 31.6 Å². The van der Waals surface area contributed by atoms with Crippen LogP contribution in [0.5, 0.6) is 11.5 Å². The maximum absolute atomic E-state index is 9.28. The number of hydrogen-bond donors (Lipinski definition) is 1. The maximum atomic E-state index is 9.28. The molecule has 0 unspecified atom stereocenters. The molecule has 1 aliphatic rings. The number of allylic oxidation sites excluding steroid dienone is 1. The van der Waals surface area contributed by atoms with Gasteiger partial charge in [0.1, 0.15) is 11.5 Å². The van der Waals surface area contributed by atoms with Gasteiger partial charge in [0.25, 0.3) is 0 Å². The summed E-state index contributed by atoms with van der Waals surface area (Å²) < 4.78 is 11.0. The normalized spacial score (nSPS) is 21.0. The van der Waals surface area contributed by atoms with Crippen molar-refractivity contribution in [3.8, 4) is 11.5 Å². The van der Waals surface area contributed by atoms with E-state index in [0.717, 1.165) is 41.5 Å². The van der Waals surface area contributed by atoms with Gasteiger partial charge >= 0.3 is 0 Å². The van der Waals surface area contributed by atoms with Gasteiger partial charge in [0.15, 0.2) is 0 Å². The van der Waals surface area contributed by atoms with Gasteiger partial charge in [-0.15, -0.1) is 0 Å². The zero-order valence-corrected chi connectivity index (χ0v) is 13.3. The number of benzene rings is 2. The number of methoxy groups -OCH3 is 2. The van der Waals surface area contributed by atoms with E-state index in [9.17, 15) is 5.11 Å². The van der Waals surface area contributed by atoms with Crippen molar-refractivity contribution in [3.63, 3.8) is 0 Å². The summed E-state index contributed by atoms with van der Waals surface area (Å²) in [4.78, 5) is 0. The molecule has 2 aromatic carbocycles. The number of aliphatic hydroxyl groups excluding tert-OH is 1. The lowest BCUT2D eigenvalue weighted by molar-refractivity contribution is 0.410. The highest BCUT2D eigenvalue weighted by molar-refractivity contribution is 5.94. The minimum atomic E-state index is -0.134. The molecule has 22 heavy (non-hydrogen) atoms. The van der Waals surface area contributed by atoms with Crippen molar-refractivity contribution in [1.82, 2.24) is 0 Å². The van der Waals surface area contributed by atoms with Crippen LogP contribution in [0.2, 0.25) is 0 Å². The molecule has 0 spiro atoms. The molecular weight excluding hydrogens is 276 g/mol. The summed E-state index contributed by atoms with van der Waals surface area (Å²) >= 11 is 0. The summed E-state index contributed by atoms with van der Waals surface area (Å²) in [6.45, 7) is 2.18. The van der Waals surface area contributed by atoms with Crippen molar-refractivity contribution in [1.29, 1.82) is 0 Å². The third kappa shape index (κ3) is 2.21. The predicted molar refractivity (Wildman–Crippen MR) is 89.1 cm³/mol. The summed E-state index contributed by atoms with van der Waals surface area (Å²) in [7, 11) is 3.38. The van der Waals surface area contributed by atoms with Crippen LogP contribution in [0.15, 0.2) is 36.6 Å². The zero-order chi connectivity index (χ0) is 15.7. The van der Waals surface area contributed by atoms with E-state index in [1.165, 1.54) is 17.4 Å². The fourth-order valence-corrected chi connectivity index (χ4v) is 3.60. The van der Waals surface area contributed by atoms with Crippen LogP contribution in [0.3, 0.4) is 0 Å². The van der Waals surface area contributed by atoms with E-state index in [4.69, 9.17) is 9.47 Å². The predicted octanol–water partition coefficient (Wildman–Crippen LogP) is 4.52. The van der Waals surface area contributed by atoms with Crippen LogP contribution >= 0.6 is 0 Å². The average Bonchev–Trinajstić information content (AvgIpc) is 2.53. The van der Waals surface area contributed by atoms with Gasteiger partial charge in [0, 0.05) is 16.2 Å². The molecule has 0 heterocycles. The molecule has 0 aromatic heterocycles. The van der Waals surface area contributed by atoms with Crippen LogP contribution in [0.25, 0.3) is 10.8 Å². The molecule has 3 rings (SSSR count). The SMILES string of the molecule is COc1ccc(OC)c2cc3c(cc12)CCC[C@@]3(C)/C=C/O. The van der Waals surface area contributed by atoms with E-state index < -0.39 is 0 Å². The largest absolute Gasteiger partial charge is 0.516 e. The van der Waals surface area contributed by atoms with Gasteiger partial charge in [-0.25, -0.2) is 0 Å². The van der Waals surface area contributed by atoms with Gasteiger partial charge in [-0.2, -0.15) is 0 Å². The molecule has 0 amide bonds. The Hall–Kier alpha value is -2.16. The lowest BCUT2D eigenvalue weighted by Gasteiger charge is -2.33. The highest BCUT2D eigenvalue weighted by atomic mass is 16.5. The quantitative estimate of drug-likeness (QED) is 0.847. The van der Waals surface area contributed by atoms with Crippen molar-refractivity contribution < 1.29 is 14.6 Å². The Morgan fingerprint density at radius 1 is 1.09 bits per heavy atom. The van der Waals surface area contributed by atoms with E-state index in [2.05, 4.69) is 19.1 Å². The summed E-state index contributed by atoms with van der Waals surface area (Å²) in [6.07, 6.45) is 6.27. The molecule has 0 radical (unpaired) electrons. The molecule has 2 aromatic rings. The molecule has 1 N–H and O–H groups in total. The monoisotopic (exact) mass is 298 g/mol. The first-order chi connectivity index (χ1) is 10.6. The van der Waals surface area contributed by atoms with E-state index in [1.54, 1.807) is 14.2 Å². The van der Waals surface area contributed by atoms with Gasteiger partial charge < -0.3 is 14.6 Å². The fraction of sp³-hybridized carbons (Fsp3) is 0.368. The van der Waals surface area contributed by atoms with Crippen LogP contribution < -0.4 is 9.47 Å². The molecule has 1 atom stereocenters. The fourth-order valence-electron chi connectivity index (χ4n) is 3.60. The topological polar surface area (TPSA) is 38.7 Å². The smallest absolute Gasteiger partial charge is 0.126 e. The second kappa shape index (κ2) is 5.56. The Kier molecular flexibility index (Phi) is 3.73. The molecule has 0 bridgehead atoms. The van der Waals surface area contributed by atoms with Gasteiger partial charge in [0.05, 0.1) is 20.5 Å². The Labute approximate surface area is 131 Å². The summed E-state index contributed by atoms with van der Waals surface area (Å²) in [5.74, 6) is 1.71. The summed E-state index contributed by atoms with van der Waals surface area (Å²) in [6, 6.07) is 8.30. The van der Waals surface area contributed by atoms with Gasteiger partial charge in [-0.05, 0) is 60.7 Å². The third-order valence-corrected chi connectivity index (χ3v) is 4.80. The number of aryl methyl sites for hydroxylation is 1. The van der Waals surface area contributed by atoms with Crippen molar-refractivity contribution in [3.05, 3.63) is 47.7 Å². The highest BCUT2D eigenvalue weighted by Crippen LogP contribution is 2.43. The van der Waals surface area contributed by atoms with Crippen LogP contribution in [-0.4, -0.2) is 19.3 Å².